The summed E-state index contributed by atoms with van der Waals surface area (Å²) in [5, 5.41) is 0. The summed E-state index contributed by atoms with van der Waals surface area (Å²) < 4.78 is 0. The van der Waals surface area contributed by atoms with Gasteiger partial charge in [-0.25, -0.2) is 0 Å². The number of fused-ring (bicyclic) bond motifs is 2. The summed E-state index contributed by atoms with van der Waals surface area (Å²) >= 11 is 0. The Morgan fingerprint density at radius 2 is 0.759 bits per heavy atom. The van der Waals surface area contributed by atoms with Gasteiger partial charge in [-0.2, -0.15) is 0 Å². The van der Waals surface area contributed by atoms with E-state index in [0.717, 1.165) is 22.3 Å². The summed E-state index contributed by atoms with van der Waals surface area (Å²) in [6, 6.07) is 30.5. The van der Waals surface area contributed by atoms with E-state index in [1.165, 1.54) is 0 Å². The van der Waals surface area contributed by atoms with Crippen LogP contribution in [0.1, 0.15) is 33.3 Å². The van der Waals surface area contributed by atoms with E-state index in [1.54, 1.807) is 12.1 Å². The van der Waals surface area contributed by atoms with Crippen molar-refractivity contribution >= 4 is 11.6 Å². The number of benzene rings is 4. The number of carbonyl (C=O) groups excluding carboxylic acids is 2. The van der Waals surface area contributed by atoms with Crippen LogP contribution < -0.4 is 29.6 Å². The second-order valence-electron chi connectivity index (χ2n) is 6.85. The number of hydrogen-bond acceptors (Lipinski definition) is 2. The van der Waals surface area contributed by atoms with Gasteiger partial charge < -0.3 is 1.43 Å². The summed E-state index contributed by atoms with van der Waals surface area (Å²) in [7, 11) is 0. The Labute approximate surface area is 193 Å². The Balaban J connectivity index is 0.00000128. The van der Waals surface area contributed by atoms with Gasteiger partial charge in [0.15, 0.2) is 11.6 Å². The van der Waals surface area contributed by atoms with Crippen LogP contribution in [0.5, 0.6) is 0 Å². The van der Waals surface area contributed by atoms with Crippen LogP contribution in [0, 0.1) is 0 Å². The first-order valence-corrected chi connectivity index (χ1v) is 9.22. The van der Waals surface area contributed by atoms with E-state index >= 15 is 0 Å². The van der Waals surface area contributed by atoms with E-state index in [2.05, 4.69) is 0 Å². The summed E-state index contributed by atoms with van der Waals surface area (Å²) in [6.07, 6.45) is 0. The molecule has 0 fully saturated rings. The molecule has 4 aromatic rings. The number of rotatable bonds is 2. The third kappa shape index (κ3) is 3.20. The van der Waals surface area contributed by atoms with E-state index in [4.69, 9.17) is 0 Å². The van der Waals surface area contributed by atoms with Crippen LogP contribution in [0.3, 0.4) is 0 Å². The molecule has 0 amide bonds. The molecule has 3 heteroatoms. The second kappa shape index (κ2) is 7.92. The molecule has 5 rings (SSSR count). The number of hydrogen-bond donors (Lipinski definition) is 0. The van der Waals surface area contributed by atoms with E-state index in [1.807, 2.05) is 84.9 Å². The van der Waals surface area contributed by atoms with Gasteiger partial charge in [-0.1, -0.05) is 97.1 Å². The molecule has 0 spiro atoms. The van der Waals surface area contributed by atoms with Gasteiger partial charge in [-0.3, -0.25) is 9.59 Å². The van der Waals surface area contributed by atoms with Crippen LogP contribution in [-0.4, -0.2) is 11.6 Å². The molecular formula is C26H17NaO2. The minimum atomic E-state index is -0.0955. The van der Waals surface area contributed by atoms with Crippen molar-refractivity contribution in [3.8, 4) is 22.3 Å². The molecule has 0 saturated heterocycles. The maximum atomic E-state index is 13.5. The zero-order chi connectivity index (χ0) is 19.1. The predicted octanol–water partition coefficient (Wildman–Crippen LogP) is 2.91. The molecule has 0 N–H and O–H groups in total. The average molecular weight is 384 g/mol. The molecule has 1 aliphatic rings. The molecule has 2 nitrogen and oxygen atoms in total. The molecule has 0 saturated carbocycles. The van der Waals surface area contributed by atoms with Gasteiger partial charge in [-0.15, -0.1) is 0 Å². The molecule has 1 aliphatic carbocycles. The number of carbonyl (C=O) groups is 2. The third-order valence-electron chi connectivity index (χ3n) is 5.24. The Hall–Kier alpha value is -2.78. The quantitative estimate of drug-likeness (QED) is 0.439. The van der Waals surface area contributed by atoms with Crippen LogP contribution in [-0.2, 0) is 0 Å². The molecule has 29 heavy (non-hydrogen) atoms. The van der Waals surface area contributed by atoms with E-state index in [-0.39, 0.29) is 42.6 Å². The van der Waals surface area contributed by atoms with E-state index in [0.29, 0.717) is 22.3 Å². The second-order valence-corrected chi connectivity index (χ2v) is 6.85. The van der Waals surface area contributed by atoms with Crippen molar-refractivity contribution in [2.45, 2.75) is 0 Å². The molecule has 0 radical (unpaired) electrons. The molecule has 0 unspecified atom stereocenters. The van der Waals surface area contributed by atoms with Gasteiger partial charge in [0.25, 0.3) is 0 Å². The maximum absolute atomic E-state index is 13.5. The smallest absolute Gasteiger partial charge is 1.00 e. The monoisotopic (exact) mass is 384 g/mol. The first-order valence-electron chi connectivity index (χ1n) is 9.22. The van der Waals surface area contributed by atoms with Gasteiger partial charge >= 0.3 is 29.6 Å². The summed E-state index contributed by atoms with van der Waals surface area (Å²) in [6.45, 7) is 0. The molecule has 0 atom stereocenters. The molecule has 0 aromatic heterocycles. The van der Waals surface area contributed by atoms with Crippen molar-refractivity contribution in [1.29, 1.82) is 0 Å². The van der Waals surface area contributed by atoms with Crippen molar-refractivity contribution in [2.24, 2.45) is 0 Å². The van der Waals surface area contributed by atoms with Crippen molar-refractivity contribution in [2.75, 3.05) is 0 Å². The standard InChI is InChI=1S/C26H16O2.Na.H/c27-25-22-16-8-14-20(18-11-5-2-6-12-18)24(22)26(28)21-15-7-13-19(23(21)25)17-9-3-1-4-10-17;;/h1-16H;;/q;+1;-1. The Bertz CT molecular complexity index is 1140. The van der Waals surface area contributed by atoms with Gasteiger partial charge in [0, 0.05) is 22.3 Å². The topological polar surface area (TPSA) is 34.1 Å². The fraction of sp³-hybridized carbons (Fsp3) is 0. The third-order valence-corrected chi connectivity index (χ3v) is 5.24. The van der Waals surface area contributed by atoms with Gasteiger partial charge in [0.1, 0.15) is 0 Å². The normalized spacial score (nSPS) is 12.0. The van der Waals surface area contributed by atoms with Crippen molar-refractivity contribution in [3.05, 3.63) is 119 Å². The summed E-state index contributed by atoms with van der Waals surface area (Å²) in [4.78, 5) is 27.0. The Kier molecular flexibility index (Phi) is 5.33. The Morgan fingerprint density at radius 3 is 1.14 bits per heavy atom. The van der Waals surface area contributed by atoms with Crippen LogP contribution in [0.2, 0.25) is 0 Å². The van der Waals surface area contributed by atoms with Crippen molar-refractivity contribution < 1.29 is 40.6 Å². The van der Waals surface area contributed by atoms with Crippen LogP contribution in [0.4, 0.5) is 0 Å². The number of ketones is 2. The predicted molar refractivity (Wildman–Crippen MR) is 112 cm³/mol. The van der Waals surface area contributed by atoms with Crippen LogP contribution in [0.25, 0.3) is 22.3 Å². The zero-order valence-corrected chi connectivity index (χ0v) is 18.1. The van der Waals surface area contributed by atoms with Crippen LogP contribution >= 0.6 is 0 Å². The minimum Gasteiger partial charge on any atom is -1.00 e. The zero-order valence-electron chi connectivity index (χ0n) is 17.1. The van der Waals surface area contributed by atoms with Gasteiger partial charge in [0.2, 0.25) is 0 Å². The van der Waals surface area contributed by atoms with Gasteiger partial charge in [0.05, 0.1) is 0 Å². The fourth-order valence-electron chi connectivity index (χ4n) is 3.96. The summed E-state index contributed by atoms with van der Waals surface area (Å²) in [5.74, 6) is -0.191. The van der Waals surface area contributed by atoms with Crippen LogP contribution in [0.15, 0.2) is 97.1 Å². The van der Waals surface area contributed by atoms with Crippen molar-refractivity contribution in [1.82, 2.24) is 0 Å². The molecule has 4 aromatic carbocycles. The molecule has 134 valence electrons. The molecule has 0 heterocycles. The van der Waals surface area contributed by atoms with Gasteiger partial charge in [-0.05, 0) is 22.3 Å². The van der Waals surface area contributed by atoms with Crippen molar-refractivity contribution in [3.63, 3.8) is 0 Å². The molecule has 0 aliphatic heterocycles. The first kappa shape index (κ1) is 19.5. The average Bonchev–Trinajstić information content (AvgIpc) is 2.77. The fourth-order valence-corrected chi connectivity index (χ4v) is 3.96. The maximum Gasteiger partial charge on any atom is 1.00 e. The van der Waals surface area contributed by atoms with E-state index in [9.17, 15) is 9.59 Å². The Morgan fingerprint density at radius 1 is 0.414 bits per heavy atom. The first-order chi connectivity index (χ1) is 13.8. The SMILES string of the molecule is O=C1c2cccc(-c3ccccc3)c2C(=O)c2cccc(-c3ccccc3)c21.[H-].[Na+]. The largest absolute Gasteiger partial charge is 1.00 e. The van der Waals surface area contributed by atoms with E-state index < -0.39 is 0 Å². The molecular weight excluding hydrogens is 367 g/mol. The molecule has 0 bridgehead atoms. The summed E-state index contributed by atoms with van der Waals surface area (Å²) in [5.41, 5.74) is 5.41. The minimum absolute atomic E-state index is 0.